The van der Waals surface area contributed by atoms with Gasteiger partial charge in [0.15, 0.2) is 5.78 Å². The number of nitrogens with zero attached hydrogens (tertiary/aromatic N) is 1. The Morgan fingerprint density at radius 3 is 2.66 bits per heavy atom. The molecule has 1 aromatic heterocycles. The zero-order valence-electron chi connectivity index (χ0n) is 20.6. The van der Waals surface area contributed by atoms with Crippen molar-refractivity contribution in [2.45, 2.75) is 45.4 Å². The van der Waals surface area contributed by atoms with Crippen LogP contribution in [0.4, 0.5) is 8.78 Å². The predicted octanol–water partition coefficient (Wildman–Crippen LogP) is 4.39. The Bertz CT molecular complexity index is 1510. The predicted molar refractivity (Wildman–Crippen MR) is 144 cm³/mol. The summed E-state index contributed by atoms with van der Waals surface area (Å²) in [5.74, 6) is 0.727. The fourth-order valence-corrected chi connectivity index (χ4v) is 5.94. The van der Waals surface area contributed by atoms with Gasteiger partial charge in [-0.2, -0.15) is 8.78 Å². The van der Waals surface area contributed by atoms with E-state index in [9.17, 15) is 18.4 Å². The summed E-state index contributed by atoms with van der Waals surface area (Å²) in [6, 6.07) is 10.8. The van der Waals surface area contributed by atoms with Gasteiger partial charge in [-0.1, -0.05) is 28.1 Å². The third-order valence-corrected chi connectivity index (χ3v) is 7.92. The van der Waals surface area contributed by atoms with Crippen LogP contribution in [0.2, 0.25) is 0 Å². The minimum Gasteiger partial charge on any atom is -0.488 e. The number of ketones is 1. The number of halogens is 3. The Morgan fingerprint density at radius 1 is 1.24 bits per heavy atom. The van der Waals surface area contributed by atoms with Crippen LogP contribution in [-0.2, 0) is 16.1 Å². The van der Waals surface area contributed by atoms with E-state index < -0.39 is 6.61 Å². The highest BCUT2D eigenvalue weighted by Crippen LogP contribution is 2.31. The van der Waals surface area contributed by atoms with Gasteiger partial charge in [0, 0.05) is 28.5 Å². The van der Waals surface area contributed by atoms with Gasteiger partial charge in [-0.05, 0) is 61.2 Å². The van der Waals surface area contributed by atoms with E-state index in [-0.39, 0.29) is 35.7 Å². The van der Waals surface area contributed by atoms with E-state index in [0.717, 1.165) is 41.9 Å². The van der Waals surface area contributed by atoms with Gasteiger partial charge in [-0.15, -0.1) is 11.3 Å². The van der Waals surface area contributed by atoms with Crippen molar-refractivity contribution in [1.82, 2.24) is 4.57 Å². The summed E-state index contributed by atoms with van der Waals surface area (Å²) in [5.41, 5.74) is 1.40. The topological polar surface area (TPSA) is 66.8 Å². The summed E-state index contributed by atoms with van der Waals surface area (Å²) in [5, 5.41) is 0. The summed E-state index contributed by atoms with van der Waals surface area (Å²) in [6.45, 7) is 0.165. The maximum absolute atomic E-state index is 13.5. The van der Waals surface area contributed by atoms with Gasteiger partial charge in [0.2, 0.25) is 0 Å². The molecular formula is C28H26BrF2NO5S. The number of carbonyl (C=O) groups is 1. The van der Waals surface area contributed by atoms with Crippen molar-refractivity contribution in [3.8, 4) is 11.5 Å². The molecule has 10 heteroatoms. The maximum atomic E-state index is 13.5. The van der Waals surface area contributed by atoms with Crippen molar-refractivity contribution in [3.05, 3.63) is 77.1 Å². The Kier molecular flexibility index (Phi) is 8.11. The van der Waals surface area contributed by atoms with Gasteiger partial charge >= 0.3 is 6.61 Å². The second-order valence-corrected chi connectivity index (χ2v) is 11.4. The van der Waals surface area contributed by atoms with Crippen LogP contribution in [0.1, 0.15) is 36.0 Å². The Morgan fingerprint density at radius 2 is 2.00 bits per heavy atom. The van der Waals surface area contributed by atoms with E-state index in [0.29, 0.717) is 38.0 Å². The van der Waals surface area contributed by atoms with Crippen molar-refractivity contribution in [1.29, 1.82) is 0 Å². The lowest BCUT2D eigenvalue weighted by atomic mass is 10.1. The Balaban J connectivity index is 1.52. The normalized spacial score (nSPS) is 18.4. The lowest BCUT2D eigenvalue weighted by Gasteiger charge is -2.12. The smallest absolute Gasteiger partial charge is 0.387 e. The number of aromatic nitrogens is 1. The molecule has 2 aliphatic rings. The molecule has 2 fully saturated rings. The minimum atomic E-state index is -3.00. The van der Waals surface area contributed by atoms with Gasteiger partial charge in [-0.25, -0.2) is 0 Å². The van der Waals surface area contributed by atoms with E-state index in [1.54, 1.807) is 29.7 Å². The maximum Gasteiger partial charge on any atom is 0.387 e. The van der Waals surface area contributed by atoms with E-state index in [2.05, 4.69) is 15.9 Å². The number of hydrogen-bond acceptors (Lipinski definition) is 6. The number of carbonyl (C=O) groups excluding carboxylic acids is 1. The molecule has 1 aliphatic carbocycles. The van der Waals surface area contributed by atoms with Crippen LogP contribution < -0.4 is 24.2 Å². The number of benzene rings is 2. The summed E-state index contributed by atoms with van der Waals surface area (Å²) in [6.07, 6.45) is 5.65. The van der Waals surface area contributed by atoms with Gasteiger partial charge in [-0.3, -0.25) is 14.2 Å². The molecule has 1 atom stereocenters. The highest BCUT2D eigenvalue weighted by Gasteiger charge is 2.28. The van der Waals surface area contributed by atoms with E-state index in [4.69, 9.17) is 14.2 Å². The van der Waals surface area contributed by atoms with Gasteiger partial charge < -0.3 is 14.2 Å². The van der Waals surface area contributed by atoms with Gasteiger partial charge in [0.1, 0.15) is 22.3 Å². The summed E-state index contributed by atoms with van der Waals surface area (Å²) < 4.78 is 45.3. The van der Waals surface area contributed by atoms with Crippen molar-refractivity contribution in [2.75, 3.05) is 13.2 Å². The van der Waals surface area contributed by atoms with Crippen molar-refractivity contribution < 1.29 is 27.8 Å². The fourth-order valence-electron chi connectivity index (χ4n) is 4.31. The van der Waals surface area contributed by atoms with Crippen LogP contribution in [0.3, 0.4) is 0 Å². The Labute approximate surface area is 230 Å². The van der Waals surface area contributed by atoms with Crippen molar-refractivity contribution >= 4 is 45.2 Å². The summed E-state index contributed by atoms with van der Waals surface area (Å²) in [7, 11) is 0. The van der Waals surface area contributed by atoms with Crippen LogP contribution in [0, 0.1) is 12.8 Å². The second-order valence-electron chi connectivity index (χ2n) is 9.43. The number of hydrogen-bond donors (Lipinski definition) is 0. The Hall–Kier alpha value is -2.82. The first-order valence-electron chi connectivity index (χ1n) is 12.3. The number of aryl methyl sites for hydroxylation is 1. The molecule has 38 heavy (non-hydrogen) atoms. The molecule has 6 nitrogen and oxygen atoms in total. The van der Waals surface area contributed by atoms with E-state index in [1.807, 2.05) is 24.3 Å². The molecule has 2 heterocycles. The average molecular weight is 606 g/mol. The van der Waals surface area contributed by atoms with Gasteiger partial charge in [0.05, 0.1) is 24.3 Å². The second kappa shape index (κ2) is 11.5. The average Bonchev–Trinajstić information content (AvgIpc) is 3.54. The van der Waals surface area contributed by atoms with Crippen LogP contribution in [-0.4, -0.2) is 36.3 Å². The number of ether oxygens (including phenoxy) is 3. The first-order valence-corrected chi connectivity index (χ1v) is 13.9. The number of rotatable bonds is 9. The third-order valence-electron chi connectivity index (χ3n) is 6.40. The van der Waals surface area contributed by atoms with Crippen LogP contribution in [0.5, 0.6) is 11.5 Å². The standard InChI is InChI=1S/C28H26BrF2NO5S/c1-16-10-20(29)11-19(26(16)37-28(30)31)12-24-27(34)32(25(38-24)13-23(33)18-4-5-18)14-17-2-6-21(7-3-17)36-22-8-9-35-15-22/h2-3,6-7,10-13,18,22,28H,4-5,8-9,14-15H2,1H3/b24-12-,25-13-. The zero-order valence-corrected chi connectivity index (χ0v) is 23.0. The lowest BCUT2D eigenvalue weighted by molar-refractivity contribution is -0.114. The molecule has 0 spiro atoms. The highest BCUT2D eigenvalue weighted by atomic mass is 79.9. The molecule has 3 aromatic rings. The molecule has 0 radical (unpaired) electrons. The molecule has 1 unspecified atom stereocenters. The molecule has 0 N–H and O–H groups in total. The van der Waals surface area contributed by atoms with E-state index in [1.165, 1.54) is 6.08 Å². The first kappa shape index (κ1) is 26.8. The number of thiazole rings is 1. The SMILES string of the molecule is Cc1cc(Br)cc(/C=c2\s/c(=C\C(=O)C3CC3)n(Cc3ccc(OC4CCOC4)cc3)c2=O)c1OC(F)F. The third kappa shape index (κ3) is 6.42. The molecule has 1 saturated heterocycles. The molecule has 1 saturated carbocycles. The van der Waals surface area contributed by atoms with Crippen LogP contribution in [0.15, 0.2) is 45.7 Å². The van der Waals surface area contributed by atoms with Gasteiger partial charge in [0.25, 0.3) is 5.56 Å². The van der Waals surface area contributed by atoms with Crippen molar-refractivity contribution in [2.24, 2.45) is 5.92 Å². The van der Waals surface area contributed by atoms with Crippen LogP contribution >= 0.6 is 27.3 Å². The van der Waals surface area contributed by atoms with E-state index >= 15 is 0 Å². The first-order chi connectivity index (χ1) is 18.3. The molecular weight excluding hydrogens is 580 g/mol. The fraction of sp³-hybridized carbons (Fsp3) is 0.357. The number of alkyl halides is 2. The molecule has 5 rings (SSSR count). The minimum absolute atomic E-state index is 0.00264. The largest absolute Gasteiger partial charge is 0.488 e. The monoisotopic (exact) mass is 605 g/mol. The molecule has 200 valence electrons. The molecule has 2 aromatic carbocycles. The van der Waals surface area contributed by atoms with Crippen molar-refractivity contribution in [3.63, 3.8) is 0 Å². The highest BCUT2D eigenvalue weighted by molar-refractivity contribution is 9.10. The lowest BCUT2D eigenvalue weighted by Crippen LogP contribution is -2.32. The molecule has 0 amide bonds. The molecule has 1 aliphatic heterocycles. The summed E-state index contributed by atoms with van der Waals surface area (Å²) >= 11 is 4.55. The number of Topliss-reactive ketones (excluding diaryl/α,β-unsaturated/α-hetero) is 1. The molecule has 0 bridgehead atoms. The summed E-state index contributed by atoms with van der Waals surface area (Å²) in [4.78, 5) is 26.2. The van der Waals surface area contributed by atoms with Crippen LogP contribution in [0.25, 0.3) is 12.2 Å². The zero-order chi connectivity index (χ0) is 26.8. The quantitative estimate of drug-likeness (QED) is 0.362.